The molecule has 7 nitrogen and oxygen atoms in total. The molecule has 2 bridgehead atoms. The quantitative estimate of drug-likeness (QED) is 0.889. The number of nitrogens with two attached hydrogens (primary N) is 1. The number of benzene rings is 1. The maximum absolute atomic E-state index is 12.6. The maximum Gasteiger partial charge on any atom is 0.229 e. The minimum Gasteiger partial charge on any atom is -0.327 e. The SMILES string of the molecule is Cc1nnnn1-c1cccc(NC(=O)C2C3CCC(C3)C2N)c1. The third-order valence-corrected chi connectivity index (χ3v) is 5.27. The van der Waals surface area contributed by atoms with Gasteiger partial charge in [0, 0.05) is 11.7 Å². The van der Waals surface area contributed by atoms with Crippen LogP contribution < -0.4 is 11.1 Å². The van der Waals surface area contributed by atoms with E-state index in [2.05, 4.69) is 20.8 Å². The number of fused-ring (bicyclic) bond motifs is 2. The van der Waals surface area contributed by atoms with Crippen molar-refractivity contribution in [3.63, 3.8) is 0 Å². The second kappa shape index (κ2) is 5.42. The third-order valence-electron chi connectivity index (χ3n) is 5.27. The van der Waals surface area contributed by atoms with Crippen molar-refractivity contribution in [2.45, 2.75) is 32.2 Å². The predicted octanol–water partition coefficient (Wildman–Crippen LogP) is 1.28. The number of rotatable bonds is 3. The van der Waals surface area contributed by atoms with E-state index in [0.717, 1.165) is 24.2 Å². The lowest BCUT2D eigenvalue weighted by molar-refractivity contribution is -0.121. The summed E-state index contributed by atoms with van der Waals surface area (Å²) in [6, 6.07) is 7.54. The van der Waals surface area contributed by atoms with Gasteiger partial charge in [-0.1, -0.05) is 6.07 Å². The van der Waals surface area contributed by atoms with Gasteiger partial charge in [0.1, 0.15) is 0 Å². The molecular formula is C16H20N6O. The molecule has 2 saturated carbocycles. The smallest absolute Gasteiger partial charge is 0.229 e. The molecule has 0 aliphatic heterocycles. The van der Waals surface area contributed by atoms with E-state index in [-0.39, 0.29) is 17.9 Å². The molecule has 4 rings (SSSR count). The van der Waals surface area contributed by atoms with Gasteiger partial charge in [0.25, 0.3) is 0 Å². The van der Waals surface area contributed by atoms with Crippen molar-refractivity contribution < 1.29 is 4.79 Å². The van der Waals surface area contributed by atoms with Crippen LogP contribution in [0.2, 0.25) is 0 Å². The highest BCUT2D eigenvalue weighted by Gasteiger charge is 2.49. The van der Waals surface area contributed by atoms with Crippen LogP contribution in [0.5, 0.6) is 0 Å². The van der Waals surface area contributed by atoms with Crippen LogP contribution in [0.3, 0.4) is 0 Å². The number of anilines is 1. The van der Waals surface area contributed by atoms with Gasteiger partial charge in [-0.2, -0.15) is 4.68 Å². The topological polar surface area (TPSA) is 98.7 Å². The number of amides is 1. The predicted molar refractivity (Wildman–Crippen MR) is 84.8 cm³/mol. The first-order valence-corrected chi connectivity index (χ1v) is 8.05. The summed E-state index contributed by atoms with van der Waals surface area (Å²) in [4.78, 5) is 12.6. The molecule has 0 spiro atoms. The molecule has 3 N–H and O–H groups in total. The van der Waals surface area contributed by atoms with E-state index in [4.69, 9.17) is 5.73 Å². The average Bonchev–Trinajstić information content (AvgIpc) is 3.23. The lowest BCUT2D eigenvalue weighted by atomic mass is 9.84. The van der Waals surface area contributed by atoms with E-state index in [0.29, 0.717) is 17.7 Å². The van der Waals surface area contributed by atoms with Crippen LogP contribution in [0, 0.1) is 24.7 Å². The van der Waals surface area contributed by atoms with E-state index in [1.165, 1.54) is 6.42 Å². The second-order valence-corrected chi connectivity index (χ2v) is 6.61. The summed E-state index contributed by atoms with van der Waals surface area (Å²) in [5, 5.41) is 14.5. The summed E-state index contributed by atoms with van der Waals surface area (Å²) >= 11 is 0. The molecule has 2 aromatic rings. The number of aryl methyl sites for hydroxylation is 1. The summed E-state index contributed by atoms with van der Waals surface area (Å²) < 4.78 is 1.64. The molecule has 1 heterocycles. The first-order chi connectivity index (χ1) is 11.1. The molecule has 1 amide bonds. The Kier molecular flexibility index (Phi) is 3.37. The van der Waals surface area contributed by atoms with Crippen LogP contribution in [-0.4, -0.2) is 32.2 Å². The molecule has 4 unspecified atom stereocenters. The minimum absolute atomic E-state index is 0.00121. The molecule has 23 heavy (non-hydrogen) atoms. The van der Waals surface area contributed by atoms with Crippen LogP contribution >= 0.6 is 0 Å². The minimum atomic E-state index is -0.0628. The highest BCUT2D eigenvalue weighted by atomic mass is 16.2. The van der Waals surface area contributed by atoms with Gasteiger partial charge in [0.05, 0.1) is 11.6 Å². The molecule has 1 aromatic heterocycles. The van der Waals surface area contributed by atoms with Crippen LogP contribution in [0.25, 0.3) is 5.69 Å². The molecule has 2 aliphatic carbocycles. The van der Waals surface area contributed by atoms with Crippen LogP contribution in [0.4, 0.5) is 5.69 Å². The van der Waals surface area contributed by atoms with Gasteiger partial charge >= 0.3 is 0 Å². The van der Waals surface area contributed by atoms with E-state index < -0.39 is 0 Å². The van der Waals surface area contributed by atoms with Gasteiger partial charge in [-0.3, -0.25) is 4.79 Å². The van der Waals surface area contributed by atoms with E-state index in [9.17, 15) is 4.79 Å². The fourth-order valence-corrected chi connectivity index (χ4v) is 4.14. The molecular weight excluding hydrogens is 292 g/mol. The fraction of sp³-hybridized carbons (Fsp3) is 0.500. The van der Waals surface area contributed by atoms with Gasteiger partial charge in [-0.05, 0) is 66.6 Å². The fourth-order valence-electron chi connectivity index (χ4n) is 4.14. The zero-order valence-corrected chi connectivity index (χ0v) is 13.0. The normalized spacial score (nSPS) is 29.0. The zero-order valence-electron chi connectivity index (χ0n) is 13.0. The number of aromatic nitrogens is 4. The maximum atomic E-state index is 12.6. The summed E-state index contributed by atoms with van der Waals surface area (Å²) in [7, 11) is 0. The zero-order chi connectivity index (χ0) is 16.0. The van der Waals surface area contributed by atoms with Crippen LogP contribution in [0.1, 0.15) is 25.1 Å². The summed E-state index contributed by atoms with van der Waals surface area (Å²) in [5.41, 5.74) is 7.82. The molecule has 2 fully saturated rings. The lowest BCUT2D eigenvalue weighted by Crippen LogP contribution is -2.42. The molecule has 2 aliphatic rings. The molecule has 4 atom stereocenters. The standard InChI is InChI=1S/C16H20N6O/c1-9-19-20-21-22(9)13-4-2-3-12(8-13)18-16(23)14-10-5-6-11(7-10)15(14)17/h2-4,8,10-11,14-15H,5-7,17H2,1H3,(H,18,23). The van der Waals surface area contributed by atoms with Crippen molar-refractivity contribution in [1.29, 1.82) is 0 Å². The first-order valence-electron chi connectivity index (χ1n) is 8.05. The van der Waals surface area contributed by atoms with Crippen molar-refractivity contribution in [2.24, 2.45) is 23.5 Å². The van der Waals surface area contributed by atoms with Crippen molar-refractivity contribution in [3.8, 4) is 5.69 Å². The summed E-state index contributed by atoms with van der Waals surface area (Å²) in [6.07, 6.45) is 3.40. The van der Waals surface area contributed by atoms with Crippen LogP contribution in [-0.2, 0) is 4.79 Å². The van der Waals surface area contributed by atoms with E-state index in [1.54, 1.807) is 4.68 Å². The Labute approximate surface area is 134 Å². The molecule has 0 saturated heterocycles. The average molecular weight is 312 g/mol. The van der Waals surface area contributed by atoms with E-state index in [1.807, 2.05) is 31.2 Å². The first kappa shape index (κ1) is 14.3. The Hall–Kier alpha value is -2.28. The van der Waals surface area contributed by atoms with Crippen molar-refractivity contribution in [2.75, 3.05) is 5.32 Å². The highest BCUT2D eigenvalue weighted by molar-refractivity contribution is 5.93. The number of nitrogens with zero attached hydrogens (tertiary/aromatic N) is 4. The van der Waals surface area contributed by atoms with Gasteiger partial charge in [0.2, 0.25) is 5.91 Å². The molecule has 7 heteroatoms. The Morgan fingerprint density at radius 2 is 2.17 bits per heavy atom. The van der Waals surface area contributed by atoms with Crippen LogP contribution in [0.15, 0.2) is 24.3 Å². The lowest BCUT2D eigenvalue weighted by Gasteiger charge is -2.27. The number of nitrogens with one attached hydrogen (secondary N) is 1. The largest absolute Gasteiger partial charge is 0.327 e. The van der Waals surface area contributed by atoms with Gasteiger partial charge in [0.15, 0.2) is 5.82 Å². The van der Waals surface area contributed by atoms with Gasteiger partial charge < -0.3 is 11.1 Å². The number of hydrogen-bond acceptors (Lipinski definition) is 5. The summed E-state index contributed by atoms with van der Waals surface area (Å²) in [6.45, 7) is 1.83. The van der Waals surface area contributed by atoms with Crippen molar-refractivity contribution >= 4 is 11.6 Å². The van der Waals surface area contributed by atoms with Crippen molar-refractivity contribution in [3.05, 3.63) is 30.1 Å². The molecule has 1 aromatic carbocycles. The number of carbonyl (C=O) groups is 1. The number of hydrogen-bond donors (Lipinski definition) is 2. The Morgan fingerprint density at radius 1 is 1.35 bits per heavy atom. The Bertz CT molecular complexity index is 740. The monoisotopic (exact) mass is 312 g/mol. The molecule has 0 radical (unpaired) electrons. The Balaban J connectivity index is 1.53. The Morgan fingerprint density at radius 3 is 2.87 bits per heavy atom. The second-order valence-electron chi connectivity index (χ2n) is 6.61. The molecule has 120 valence electrons. The highest BCUT2D eigenvalue weighted by Crippen LogP contribution is 2.47. The van der Waals surface area contributed by atoms with E-state index >= 15 is 0 Å². The van der Waals surface area contributed by atoms with Gasteiger partial charge in [-0.25, -0.2) is 0 Å². The summed E-state index contributed by atoms with van der Waals surface area (Å²) in [5.74, 6) is 1.64. The number of tetrazole rings is 1. The van der Waals surface area contributed by atoms with Gasteiger partial charge in [-0.15, -0.1) is 5.10 Å². The third kappa shape index (κ3) is 2.41. The number of carbonyl (C=O) groups excluding carboxylic acids is 1. The van der Waals surface area contributed by atoms with Crippen molar-refractivity contribution in [1.82, 2.24) is 20.2 Å².